The number of carbonyl (C=O) groups excluding carboxylic acids is 5. The molecular formula is C101H126Cl4F2N12O10. The number of likely N-dealkylation sites (tertiary alicyclic amines) is 1. The number of hydrogen-bond acceptors (Lipinski definition) is 21. The van der Waals surface area contributed by atoms with E-state index < -0.39 is 11.7 Å². The summed E-state index contributed by atoms with van der Waals surface area (Å²) >= 11 is 25.8. The van der Waals surface area contributed by atoms with Crippen molar-refractivity contribution < 1.29 is 56.4 Å². The Morgan fingerprint density at radius 3 is 1.02 bits per heavy atom. The van der Waals surface area contributed by atoms with Gasteiger partial charge in [0.05, 0.1) is 20.1 Å². The van der Waals surface area contributed by atoms with Crippen molar-refractivity contribution in [3.05, 3.63) is 188 Å². The molecular weight excluding hydrogens is 1720 g/mol. The zero-order valence-corrected chi connectivity index (χ0v) is 77.7. The van der Waals surface area contributed by atoms with E-state index in [1.807, 2.05) is 63.2 Å². The maximum atomic E-state index is 14.6. The summed E-state index contributed by atoms with van der Waals surface area (Å²) in [5.41, 5.74) is 12.3. The van der Waals surface area contributed by atoms with Crippen LogP contribution < -0.4 is 37.2 Å². The molecule has 28 heteroatoms. The number of hydrogen-bond donors (Lipinski definition) is 7. The van der Waals surface area contributed by atoms with E-state index in [0.717, 1.165) is 265 Å². The number of piperidine rings is 4. The number of anilines is 4. The average Bonchev–Trinajstić information content (AvgIpc) is 0.782. The standard InChI is InChI=1S/C29H37ClFN3O4.C24H29ClFN3O2.2C24H30ClN3O2/c1-29(2,3)38-28(36)34-8-4-5-20(18-34)27(35)15-24-14-25(26(30)17-33-24)21-11-22(31)13-23(12-21)32-16-19-6-9-37-10-7-19;25-23-15-29-21(12-24(30)17-2-1-5-27-14-17)11-22(23)18-8-19(26)10-20(9-18)28-13-16-3-6-31-7-4-16;2*25-23-16-28-21(13-24(29)19-4-2-8-26-15-19)12-22(23)18-3-1-5-20(11-18)27-14-17-6-9-30-10-7-17/h11-14,17,19-20,32H,4-10,15-16,18H2,1-3H3;8-11,15-17,27-28H,1-7,12-14H2;2*1,3,5,11-12,16-17,19,26-27H,2,4,6-10,13-15H2/t20-;17-;2*19-/m1110/s1. The molecule has 4 atom stereocenters. The second kappa shape index (κ2) is 49.7. The first kappa shape index (κ1) is 97.9. The maximum absolute atomic E-state index is 14.6. The topological polar surface area (TPSA) is 271 Å². The Labute approximate surface area is 778 Å². The van der Waals surface area contributed by atoms with Crippen molar-refractivity contribution in [1.82, 2.24) is 40.8 Å². The predicted octanol–water partition coefficient (Wildman–Crippen LogP) is 19.3. The Hall–Kier alpha value is -8.63. The fraction of sp³-hybridized carbons (Fsp3) is 0.515. The van der Waals surface area contributed by atoms with Gasteiger partial charge in [-0.1, -0.05) is 70.7 Å². The lowest BCUT2D eigenvalue weighted by Crippen LogP contribution is -2.44. The summed E-state index contributed by atoms with van der Waals surface area (Å²) in [6.45, 7) is 21.6. The number of rotatable bonds is 28. The molecule has 8 aliphatic heterocycles. The van der Waals surface area contributed by atoms with Gasteiger partial charge in [0.1, 0.15) is 40.4 Å². The average molecular weight is 1850 g/mol. The largest absolute Gasteiger partial charge is 0.444 e. The quantitative estimate of drug-likeness (QED) is 0.0240. The first-order valence-corrected chi connectivity index (χ1v) is 47.9. The lowest BCUT2D eigenvalue weighted by Gasteiger charge is -2.33. The normalized spacial score (nSPS) is 19.7. The Balaban J connectivity index is 0.000000147. The molecule has 0 unspecified atom stereocenters. The van der Waals surface area contributed by atoms with Crippen LogP contribution in [0, 0.1) is 59.0 Å². The number of pyridine rings is 4. The van der Waals surface area contributed by atoms with Gasteiger partial charge in [0, 0.05) is 254 Å². The van der Waals surface area contributed by atoms with E-state index in [-0.39, 0.29) is 71.3 Å². The molecule has 1 amide bonds. The number of benzene rings is 4. The highest BCUT2D eigenvalue weighted by Crippen LogP contribution is 2.38. The molecule has 0 aliphatic carbocycles. The molecule has 4 aromatic heterocycles. The van der Waals surface area contributed by atoms with E-state index in [1.54, 1.807) is 29.6 Å². The molecule has 8 aromatic rings. The highest BCUT2D eigenvalue weighted by molar-refractivity contribution is 6.34. The molecule has 129 heavy (non-hydrogen) atoms. The van der Waals surface area contributed by atoms with Crippen molar-refractivity contribution in [3.8, 4) is 44.5 Å². The van der Waals surface area contributed by atoms with E-state index >= 15 is 0 Å². The van der Waals surface area contributed by atoms with E-state index in [4.69, 9.17) is 70.1 Å². The molecule has 692 valence electrons. The van der Waals surface area contributed by atoms with Crippen molar-refractivity contribution >= 4 is 98.4 Å². The number of Topliss-reactive ketones (excluding diaryl/α,β-unsaturated/α-hetero) is 4. The van der Waals surface area contributed by atoms with Gasteiger partial charge in [-0.2, -0.15) is 0 Å². The number of nitrogens with one attached hydrogen (secondary N) is 7. The van der Waals surface area contributed by atoms with Gasteiger partial charge in [-0.3, -0.25) is 39.1 Å². The van der Waals surface area contributed by atoms with Crippen LogP contribution in [0.15, 0.2) is 134 Å². The highest BCUT2D eigenvalue weighted by Gasteiger charge is 2.33. The number of halogens is 6. The minimum atomic E-state index is -0.588. The van der Waals surface area contributed by atoms with Crippen LogP contribution in [0.5, 0.6) is 0 Å². The van der Waals surface area contributed by atoms with Crippen LogP contribution in [0.25, 0.3) is 44.5 Å². The second-order valence-corrected chi connectivity index (χ2v) is 38.1. The van der Waals surface area contributed by atoms with E-state index in [9.17, 15) is 32.8 Å². The van der Waals surface area contributed by atoms with E-state index in [1.165, 1.54) is 30.5 Å². The van der Waals surface area contributed by atoms with E-state index in [0.29, 0.717) is 115 Å². The van der Waals surface area contributed by atoms with Crippen molar-refractivity contribution in [1.29, 1.82) is 0 Å². The zero-order chi connectivity index (χ0) is 90.4. The van der Waals surface area contributed by atoms with Gasteiger partial charge in [-0.15, -0.1) is 0 Å². The van der Waals surface area contributed by atoms with Gasteiger partial charge in [0.2, 0.25) is 0 Å². The lowest BCUT2D eigenvalue weighted by atomic mass is 9.91. The Morgan fingerprint density at radius 1 is 0.395 bits per heavy atom. The van der Waals surface area contributed by atoms with Crippen LogP contribution in [-0.4, -0.2) is 191 Å². The molecule has 0 spiro atoms. The summed E-state index contributed by atoms with van der Waals surface area (Å²) in [6.07, 6.45) is 23.0. The number of amides is 1. The van der Waals surface area contributed by atoms with Gasteiger partial charge in [0.25, 0.3) is 0 Å². The minimum absolute atomic E-state index is 0.0112. The highest BCUT2D eigenvalue weighted by atomic mass is 35.5. The summed E-state index contributed by atoms with van der Waals surface area (Å²) < 4.78 is 56.1. The number of ketones is 4. The summed E-state index contributed by atoms with van der Waals surface area (Å²) in [5.74, 6) is 2.27. The number of ether oxygens (including phenoxy) is 5. The molecule has 16 rings (SSSR count). The van der Waals surface area contributed by atoms with Crippen molar-refractivity contribution in [2.24, 2.45) is 47.3 Å². The van der Waals surface area contributed by atoms with Gasteiger partial charge >= 0.3 is 6.09 Å². The molecule has 8 fully saturated rings. The molecule has 0 bridgehead atoms. The van der Waals surface area contributed by atoms with Gasteiger partial charge in [-0.05, 0) is 274 Å². The summed E-state index contributed by atoms with van der Waals surface area (Å²) in [5, 5.41) is 25.8. The van der Waals surface area contributed by atoms with Crippen LogP contribution in [0.4, 0.5) is 36.3 Å². The lowest BCUT2D eigenvalue weighted by molar-refractivity contribution is -0.124. The van der Waals surface area contributed by atoms with E-state index in [2.05, 4.69) is 93.6 Å². The molecule has 7 N–H and O–H groups in total. The molecule has 12 heterocycles. The third-order valence-electron chi connectivity index (χ3n) is 25.4. The molecule has 8 aliphatic rings. The molecule has 4 aromatic carbocycles. The maximum Gasteiger partial charge on any atom is 0.410 e. The number of carbonyl (C=O) groups is 5. The van der Waals surface area contributed by atoms with Crippen LogP contribution in [0.2, 0.25) is 20.1 Å². The fourth-order valence-electron chi connectivity index (χ4n) is 17.7. The zero-order valence-electron chi connectivity index (χ0n) is 74.7. The third kappa shape index (κ3) is 31.0. The first-order valence-electron chi connectivity index (χ1n) is 46.4. The Kier molecular flexibility index (Phi) is 37.7. The third-order valence-corrected chi connectivity index (χ3v) is 26.6. The van der Waals surface area contributed by atoms with Crippen LogP contribution in [0.3, 0.4) is 0 Å². The second-order valence-electron chi connectivity index (χ2n) is 36.5. The molecule has 8 saturated heterocycles. The summed E-state index contributed by atoms with van der Waals surface area (Å²) in [4.78, 5) is 82.8. The Bertz CT molecular complexity index is 4860. The number of nitrogens with zero attached hydrogens (tertiary/aromatic N) is 5. The molecule has 22 nitrogen and oxygen atoms in total. The first-order chi connectivity index (χ1) is 62.5. The van der Waals surface area contributed by atoms with Crippen LogP contribution in [-0.2, 0) is 68.5 Å². The minimum Gasteiger partial charge on any atom is -0.444 e. The van der Waals surface area contributed by atoms with Crippen LogP contribution >= 0.6 is 46.4 Å². The summed E-state index contributed by atoms with van der Waals surface area (Å²) in [7, 11) is 0. The van der Waals surface area contributed by atoms with Crippen molar-refractivity contribution in [2.45, 2.75) is 155 Å². The van der Waals surface area contributed by atoms with Crippen molar-refractivity contribution in [2.75, 3.05) is 153 Å². The smallest absolute Gasteiger partial charge is 0.410 e. The fourth-order valence-corrected chi connectivity index (χ4v) is 18.6. The molecule has 0 saturated carbocycles. The molecule has 0 radical (unpaired) electrons. The van der Waals surface area contributed by atoms with Crippen LogP contribution in [0.1, 0.15) is 146 Å². The predicted molar refractivity (Wildman–Crippen MR) is 509 cm³/mol. The monoisotopic (exact) mass is 1840 g/mol. The van der Waals surface area contributed by atoms with Crippen molar-refractivity contribution in [3.63, 3.8) is 0 Å². The Morgan fingerprint density at radius 2 is 0.698 bits per heavy atom. The summed E-state index contributed by atoms with van der Waals surface area (Å²) in [6, 6.07) is 33.7. The number of aromatic nitrogens is 4. The SMILES string of the molecule is CC(C)(C)OC(=O)N1CCC[C@@H](C(=O)Cc2cc(-c3cc(F)cc(NCC4CCOCC4)c3)c(Cl)cn2)C1.O=C(Cc1cc(-c2cc(F)cc(NCC3CCOCC3)c2)c(Cl)cn1)[C@@H]1CCCNC1.O=C(Cc1cc(-c2cccc(NCC3CCOCC3)c2)c(Cl)cn1)[C@@H]1CCCNC1.O=C(Cc1cc(-c2cccc(NCC3CCOCC3)c2)c(Cl)cn1)[C@H]1CCCNC1. The van der Waals surface area contributed by atoms with Gasteiger partial charge in [-0.25, -0.2) is 13.6 Å². The van der Waals surface area contributed by atoms with Gasteiger partial charge < -0.3 is 65.8 Å². The van der Waals surface area contributed by atoms with Gasteiger partial charge in [0.15, 0.2) is 0 Å².